The monoisotopic (exact) mass is 549 g/mol. The second kappa shape index (κ2) is 11.5. The Morgan fingerprint density at radius 2 is 1.77 bits per heavy atom. The second-order valence-corrected chi connectivity index (χ2v) is 12.2. The van der Waals surface area contributed by atoms with Crippen LogP contribution in [-0.4, -0.2) is 79.8 Å². The number of thioether (sulfide) groups is 1. The minimum Gasteiger partial charge on any atom is -0.493 e. The summed E-state index contributed by atoms with van der Waals surface area (Å²) in [5, 5.41) is 0.292. The van der Waals surface area contributed by atoms with Crippen molar-refractivity contribution in [3.63, 3.8) is 0 Å². The highest BCUT2D eigenvalue weighted by Crippen LogP contribution is 2.44. The number of hydrogen-bond donors (Lipinski definition) is 0. The maximum atomic E-state index is 13.6. The number of nitrogens with zero attached hydrogens (tertiary/aromatic N) is 3. The first-order chi connectivity index (χ1) is 18.8. The quantitative estimate of drug-likeness (QED) is 0.498. The van der Waals surface area contributed by atoms with E-state index in [2.05, 4.69) is 47.9 Å². The lowest BCUT2D eigenvalue weighted by molar-refractivity contribution is -0.139. The first-order valence-corrected chi connectivity index (χ1v) is 14.7. The molecular weight excluding hydrogens is 510 g/mol. The molecule has 2 saturated heterocycles. The zero-order chi connectivity index (χ0) is 27.7. The number of hydrogen-bond acceptors (Lipinski definition) is 6. The number of carbonyl (C=O) groups excluding carboxylic acids is 2. The number of likely N-dealkylation sites (N-methyl/N-ethyl adjacent to an activating group) is 1. The average Bonchev–Trinajstić information content (AvgIpc) is 2.95. The third kappa shape index (κ3) is 5.62. The van der Waals surface area contributed by atoms with Gasteiger partial charge >= 0.3 is 0 Å². The van der Waals surface area contributed by atoms with Crippen LogP contribution >= 0.6 is 11.8 Å². The minimum absolute atomic E-state index is 0.0180. The van der Waals surface area contributed by atoms with E-state index in [1.807, 2.05) is 36.2 Å². The zero-order valence-electron chi connectivity index (χ0n) is 23.6. The number of rotatable bonds is 5. The van der Waals surface area contributed by atoms with E-state index in [0.29, 0.717) is 16.7 Å². The van der Waals surface area contributed by atoms with Crippen LogP contribution in [0.3, 0.4) is 0 Å². The van der Waals surface area contributed by atoms with Gasteiger partial charge < -0.3 is 24.2 Å². The van der Waals surface area contributed by atoms with Crippen molar-refractivity contribution in [2.75, 3.05) is 45.8 Å². The predicted molar refractivity (Wildman–Crippen MR) is 157 cm³/mol. The molecule has 0 bridgehead atoms. The molecule has 1 aliphatic carbocycles. The lowest BCUT2D eigenvalue weighted by Gasteiger charge is -2.46. The standard InChI is InChI=1S/C31H39N3O4S/c1-20-6-10-24(11-7-20)34-15-14-33(19-21(34)2)30(35)23-9-13-28-25(18-23)32(3)31(36)29(39-28)17-22-8-12-26(37-4)27(16-22)38-5/h6-8,10-12,16-17,21,23,25,28H,9,13-15,18-19H2,1-5H3/b29-17-. The Balaban J connectivity index is 1.22. The summed E-state index contributed by atoms with van der Waals surface area (Å²) in [4.78, 5) is 34.0. The molecule has 2 aromatic carbocycles. The van der Waals surface area contributed by atoms with Crippen molar-refractivity contribution in [3.8, 4) is 11.5 Å². The van der Waals surface area contributed by atoms with Crippen LogP contribution in [0.4, 0.5) is 5.69 Å². The maximum Gasteiger partial charge on any atom is 0.260 e. The van der Waals surface area contributed by atoms with Gasteiger partial charge in [-0.25, -0.2) is 0 Å². The van der Waals surface area contributed by atoms with Crippen LogP contribution in [0.15, 0.2) is 47.4 Å². The van der Waals surface area contributed by atoms with Gasteiger partial charge in [0.15, 0.2) is 11.5 Å². The normalized spacial score (nSPS) is 26.4. The molecule has 39 heavy (non-hydrogen) atoms. The molecule has 8 heteroatoms. The molecule has 2 heterocycles. The molecule has 208 valence electrons. The summed E-state index contributed by atoms with van der Waals surface area (Å²) in [5.74, 6) is 1.54. The van der Waals surface area contributed by atoms with E-state index < -0.39 is 0 Å². The van der Waals surface area contributed by atoms with Crippen molar-refractivity contribution < 1.29 is 19.1 Å². The predicted octanol–water partition coefficient (Wildman–Crippen LogP) is 4.83. The molecule has 1 saturated carbocycles. The summed E-state index contributed by atoms with van der Waals surface area (Å²) in [6, 6.07) is 14.6. The van der Waals surface area contributed by atoms with Crippen LogP contribution in [0.1, 0.15) is 37.3 Å². The number of anilines is 1. The van der Waals surface area contributed by atoms with Crippen molar-refractivity contribution >= 4 is 35.3 Å². The molecule has 0 spiro atoms. The second-order valence-electron chi connectivity index (χ2n) is 10.9. The fraction of sp³-hybridized carbons (Fsp3) is 0.484. The molecule has 0 aromatic heterocycles. The van der Waals surface area contributed by atoms with E-state index in [4.69, 9.17) is 9.47 Å². The Morgan fingerprint density at radius 3 is 2.46 bits per heavy atom. The Kier molecular flexibility index (Phi) is 8.12. The van der Waals surface area contributed by atoms with Gasteiger partial charge in [0.1, 0.15) is 0 Å². The number of benzene rings is 2. The SMILES string of the molecule is COc1ccc(/C=C2\SC3CCC(C(=O)N4CCN(c5ccc(C)cc5)C(C)C4)CC3N(C)C2=O)cc1OC. The van der Waals surface area contributed by atoms with Crippen LogP contribution in [0.25, 0.3) is 6.08 Å². The van der Waals surface area contributed by atoms with E-state index in [1.165, 1.54) is 11.3 Å². The number of piperazine rings is 1. The van der Waals surface area contributed by atoms with Crippen molar-refractivity contribution in [2.45, 2.75) is 50.4 Å². The zero-order valence-corrected chi connectivity index (χ0v) is 24.4. The summed E-state index contributed by atoms with van der Waals surface area (Å²) in [5.41, 5.74) is 3.37. The van der Waals surface area contributed by atoms with Crippen LogP contribution in [0, 0.1) is 12.8 Å². The fourth-order valence-electron chi connectivity index (χ4n) is 6.15. The van der Waals surface area contributed by atoms with E-state index in [1.54, 1.807) is 26.0 Å². The van der Waals surface area contributed by atoms with Crippen molar-refractivity contribution in [1.82, 2.24) is 9.80 Å². The van der Waals surface area contributed by atoms with Gasteiger partial charge in [0.25, 0.3) is 5.91 Å². The highest BCUT2D eigenvalue weighted by Gasteiger charge is 2.44. The van der Waals surface area contributed by atoms with Crippen LogP contribution < -0.4 is 14.4 Å². The summed E-state index contributed by atoms with van der Waals surface area (Å²) >= 11 is 1.66. The van der Waals surface area contributed by atoms with Crippen molar-refractivity contribution in [3.05, 3.63) is 58.5 Å². The first kappa shape index (κ1) is 27.4. The Bertz CT molecular complexity index is 1250. The molecule has 2 aromatic rings. The summed E-state index contributed by atoms with van der Waals surface area (Å²) < 4.78 is 10.8. The van der Waals surface area contributed by atoms with E-state index >= 15 is 0 Å². The highest BCUT2D eigenvalue weighted by molar-refractivity contribution is 8.04. The van der Waals surface area contributed by atoms with E-state index in [-0.39, 0.29) is 29.8 Å². The largest absolute Gasteiger partial charge is 0.493 e. The molecule has 2 amide bonds. The Morgan fingerprint density at radius 1 is 1.03 bits per heavy atom. The molecule has 0 N–H and O–H groups in total. The van der Waals surface area contributed by atoms with Gasteiger partial charge in [-0.05, 0) is 69.0 Å². The molecule has 0 radical (unpaired) electrons. The molecule has 2 aliphatic heterocycles. The summed E-state index contributed by atoms with van der Waals surface area (Å²) in [6.45, 7) is 6.62. The number of aryl methyl sites for hydroxylation is 1. The molecule has 4 unspecified atom stereocenters. The van der Waals surface area contributed by atoms with Crippen molar-refractivity contribution in [1.29, 1.82) is 0 Å². The Hall–Kier alpha value is -3.13. The molecule has 4 atom stereocenters. The Labute approximate surface area is 236 Å². The number of amides is 2. The summed E-state index contributed by atoms with van der Waals surface area (Å²) in [7, 11) is 5.11. The van der Waals surface area contributed by atoms with Crippen LogP contribution in [-0.2, 0) is 9.59 Å². The van der Waals surface area contributed by atoms with Gasteiger partial charge in [-0.1, -0.05) is 23.8 Å². The van der Waals surface area contributed by atoms with Gasteiger partial charge in [-0.15, -0.1) is 11.8 Å². The maximum absolute atomic E-state index is 13.6. The number of fused-ring (bicyclic) bond motifs is 1. The molecule has 3 aliphatic rings. The minimum atomic E-state index is -0.0309. The lowest BCUT2D eigenvalue weighted by atomic mass is 9.83. The molecular formula is C31H39N3O4S. The van der Waals surface area contributed by atoms with Gasteiger partial charge in [0, 0.05) is 55.6 Å². The first-order valence-electron chi connectivity index (χ1n) is 13.8. The topological polar surface area (TPSA) is 62.3 Å². The third-order valence-electron chi connectivity index (χ3n) is 8.42. The number of methoxy groups -OCH3 is 2. The highest BCUT2D eigenvalue weighted by atomic mass is 32.2. The molecule has 7 nitrogen and oxygen atoms in total. The van der Waals surface area contributed by atoms with Crippen LogP contribution in [0.5, 0.6) is 11.5 Å². The van der Waals surface area contributed by atoms with Crippen molar-refractivity contribution in [2.24, 2.45) is 5.92 Å². The summed E-state index contributed by atoms with van der Waals surface area (Å²) in [6.07, 6.45) is 4.46. The fourth-order valence-corrected chi connectivity index (χ4v) is 7.63. The van der Waals surface area contributed by atoms with E-state index in [9.17, 15) is 9.59 Å². The molecule has 3 fully saturated rings. The van der Waals surface area contributed by atoms with Gasteiger partial charge in [-0.2, -0.15) is 0 Å². The smallest absolute Gasteiger partial charge is 0.260 e. The average molecular weight is 550 g/mol. The number of ether oxygens (including phenoxy) is 2. The van der Waals surface area contributed by atoms with Gasteiger partial charge in [0.2, 0.25) is 5.91 Å². The lowest BCUT2D eigenvalue weighted by Crippen LogP contribution is -2.57. The molecule has 5 rings (SSSR count). The third-order valence-corrected chi connectivity index (χ3v) is 9.82. The van der Waals surface area contributed by atoms with Crippen LogP contribution in [0.2, 0.25) is 0 Å². The van der Waals surface area contributed by atoms with Gasteiger partial charge in [-0.3, -0.25) is 9.59 Å². The van der Waals surface area contributed by atoms with E-state index in [0.717, 1.165) is 49.4 Å². The van der Waals surface area contributed by atoms with Gasteiger partial charge in [0.05, 0.1) is 19.1 Å². The number of carbonyl (C=O) groups is 2.